The van der Waals surface area contributed by atoms with Crippen LogP contribution in [0.5, 0.6) is 0 Å². The van der Waals surface area contributed by atoms with Crippen LogP contribution in [0.15, 0.2) is 66.7 Å². The van der Waals surface area contributed by atoms with Crippen LogP contribution in [0.4, 0.5) is 10.1 Å². The quantitative estimate of drug-likeness (QED) is 0.210. The molecule has 45 heavy (non-hydrogen) atoms. The molecule has 1 saturated heterocycles. The highest BCUT2D eigenvalue weighted by Crippen LogP contribution is 2.21. The van der Waals surface area contributed by atoms with Crippen LogP contribution >= 0.6 is 0 Å². The molecule has 1 fully saturated rings. The summed E-state index contributed by atoms with van der Waals surface area (Å²) in [6, 6.07) is 17.7. The van der Waals surface area contributed by atoms with E-state index in [0.29, 0.717) is 35.3 Å². The Hall–Kier alpha value is -4.75. The lowest BCUT2D eigenvalue weighted by Gasteiger charge is -2.36. The van der Waals surface area contributed by atoms with Crippen LogP contribution in [0.3, 0.4) is 0 Å². The van der Waals surface area contributed by atoms with Gasteiger partial charge in [-0.05, 0) is 65.6 Å². The third kappa shape index (κ3) is 8.25. The highest BCUT2D eigenvalue weighted by Gasteiger charge is 2.33. The van der Waals surface area contributed by atoms with Crippen LogP contribution in [0.2, 0.25) is 0 Å². The summed E-state index contributed by atoms with van der Waals surface area (Å²) in [4.78, 5) is 27.0. The topological polar surface area (TPSA) is 134 Å². The Bertz CT molecular complexity index is 1770. The van der Waals surface area contributed by atoms with Gasteiger partial charge in [-0.2, -0.15) is 22.7 Å². The predicted octanol–water partition coefficient (Wildman–Crippen LogP) is 3.43. The summed E-state index contributed by atoms with van der Waals surface area (Å²) >= 11 is 0. The van der Waals surface area contributed by atoms with Crippen LogP contribution < -0.4 is 9.62 Å². The van der Waals surface area contributed by atoms with Crippen molar-refractivity contribution in [2.24, 2.45) is 5.92 Å². The summed E-state index contributed by atoms with van der Waals surface area (Å²) in [5.41, 5.74) is 3.53. The number of carboxylic acids is 1. The van der Waals surface area contributed by atoms with Crippen molar-refractivity contribution in [3.63, 3.8) is 0 Å². The largest absolute Gasteiger partial charge is 0.480 e. The predicted molar refractivity (Wildman–Crippen MR) is 168 cm³/mol. The minimum Gasteiger partial charge on any atom is -0.480 e. The number of hydrogen-bond donors (Lipinski definition) is 2. The molecule has 0 aliphatic carbocycles. The third-order valence-corrected chi connectivity index (χ3v) is 9.10. The van der Waals surface area contributed by atoms with Gasteiger partial charge in [0.2, 0.25) is 0 Å². The molecule has 10 nitrogen and oxygen atoms in total. The van der Waals surface area contributed by atoms with Crippen LogP contribution in [0, 0.1) is 35.0 Å². The number of amides is 1. The second-order valence-corrected chi connectivity index (χ2v) is 12.7. The number of nitrogens with one attached hydrogen (secondary N) is 1. The molecule has 4 rings (SSSR count). The van der Waals surface area contributed by atoms with E-state index in [2.05, 4.69) is 16.6 Å². The fraction of sp³-hybridized carbons (Fsp3) is 0.303. The first kappa shape index (κ1) is 33.1. The van der Waals surface area contributed by atoms with Crippen molar-refractivity contribution in [3.05, 3.63) is 100 Å². The van der Waals surface area contributed by atoms with Crippen LogP contribution in [0.1, 0.15) is 46.5 Å². The number of nitriles is 1. The SMILES string of the molecule is CC(C)[C@@H](NS(=O)(=O)N1CCN(c2ccc(C#Cc3ccc(F)c(Cc4ccccc4C(=O)N(C)C#N)c3)cc2)CC1)C(=O)O. The monoisotopic (exact) mass is 631 g/mol. The van der Waals surface area contributed by atoms with Gasteiger partial charge in [-0.15, -0.1) is 0 Å². The number of rotatable bonds is 9. The molecule has 0 bridgehead atoms. The zero-order chi connectivity index (χ0) is 32.7. The number of halogens is 1. The minimum absolute atomic E-state index is 0.153. The van der Waals surface area contributed by atoms with Crippen molar-refractivity contribution < 1.29 is 27.5 Å². The molecule has 0 radical (unpaired) electrons. The molecule has 1 atom stereocenters. The maximum atomic E-state index is 14.7. The van der Waals surface area contributed by atoms with E-state index >= 15 is 0 Å². The van der Waals surface area contributed by atoms with Crippen molar-refractivity contribution in [1.82, 2.24) is 13.9 Å². The van der Waals surface area contributed by atoms with E-state index in [4.69, 9.17) is 5.26 Å². The lowest BCUT2D eigenvalue weighted by molar-refractivity contribution is -0.140. The van der Waals surface area contributed by atoms with Crippen molar-refractivity contribution in [3.8, 4) is 18.0 Å². The van der Waals surface area contributed by atoms with Crippen LogP contribution in [-0.4, -0.2) is 73.9 Å². The maximum Gasteiger partial charge on any atom is 0.322 e. The first-order valence-corrected chi connectivity index (χ1v) is 15.7. The smallest absolute Gasteiger partial charge is 0.322 e. The zero-order valence-corrected chi connectivity index (χ0v) is 26.0. The number of aliphatic carboxylic acids is 1. The van der Waals surface area contributed by atoms with E-state index in [1.165, 1.54) is 17.4 Å². The van der Waals surface area contributed by atoms with Crippen molar-refractivity contribution >= 4 is 27.8 Å². The molecule has 0 unspecified atom stereocenters. The van der Waals surface area contributed by atoms with E-state index in [9.17, 15) is 27.5 Å². The molecule has 3 aromatic carbocycles. The third-order valence-electron chi connectivity index (χ3n) is 7.50. The Kier molecular flexibility index (Phi) is 10.6. The summed E-state index contributed by atoms with van der Waals surface area (Å²) < 4.78 is 43.8. The lowest BCUT2D eigenvalue weighted by atomic mass is 9.97. The second-order valence-electron chi connectivity index (χ2n) is 11.0. The van der Waals surface area contributed by atoms with E-state index < -0.39 is 39.9 Å². The van der Waals surface area contributed by atoms with Gasteiger partial charge in [0, 0.05) is 62.0 Å². The fourth-order valence-electron chi connectivity index (χ4n) is 4.90. The second kappa shape index (κ2) is 14.4. The van der Waals surface area contributed by atoms with E-state index in [0.717, 1.165) is 16.2 Å². The zero-order valence-electron chi connectivity index (χ0n) is 25.2. The standard InChI is InChI=1S/C33H34FN5O5S/c1-23(2)31(33(41)42)36-45(43,44)39-18-16-38(17-19-39)28-13-10-24(11-14-28)8-9-25-12-15-30(34)27(20-25)21-26-6-4-5-7-29(26)32(40)37(3)22-35/h4-7,10-15,20,23,31,36H,16-19,21H2,1-3H3,(H,41,42)/t31-/m1/s1. The Morgan fingerprint density at radius 1 is 0.978 bits per heavy atom. The Labute approximate surface area is 262 Å². The molecule has 0 saturated carbocycles. The van der Waals surface area contributed by atoms with Gasteiger partial charge in [-0.1, -0.05) is 43.9 Å². The number of hydrogen-bond acceptors (Lipinski definition) is 6. The van der Waals surface area contributed by atoms with Gasteiger partial charge >= 0.3 is 5.97 Å². The molecule has 0 aromatic heterocycles. The molecular formula is C33H34FN5O5S. The molecule has 1 amide bonds. The fourth-order valence-corrected chi connectivity index (χ4v) is 6.38. The summed E-state index contributed by atoms with van der Waals surface area (Å²) in [5, 5.41) is 18.4. The molecule has 234 valence electrons. The molecule has 3 aromatic rings. The molecule has 2 N–H and O–H groups in total. The molecule has 1 aliphatic heterocycles. The first-order valence-electron chi connectivity index (χ1n) is 14.3. The maximum absolute atomic E-state index is 14.7. The number of nitrogens with zero attached hydrogens (tertiary/aromatic N) is 4. The highest BCUT2D eigenvalue weighted by atomic mass is 32.2. The molecule has 1 aliphatic rings. The number of benzene rings is 3. The summed E-state index contributed by atoms with van der Waals surface area (Å²) in [7, 11) is -2.57. The van der Waals surface area contributed by atoms with Crippen LogP contribution in [0.25, 0.3) is 0 Å². The van der Waals surface area contributed by atoms with Gasteiger partial charge in [0.25, 0.3) is 16.1 Å². The van der Waals surface area contributed by atoms with Gasteiger partial charge in [0.05, 0.1) is 0 Å². The number of piperazine rings is 1. The Balaban J connectivity index is 1.41. The Morgan fingerprint density at radius 2 is 1.60 bits per heavy atom. The first-order chi connectivity index (χ1) is 21.4. The lowest BCUT2D eigenvalue weighted by Crippen LogP contribution is -2.55. The summed E-state index contributed by atoms with van der Waals surface area (Å²) in [6.07, 6.45) is 1.95. The number of carbonyl (C=O) groups excluding carboxylic acids is 1. The highest BCUT2D eigenvalue weighted by molar-refractivity contribution is 7.87. The number of anilines is 1. The summed E-state index contributed by atoms with van der Waals surface area (Å²) in [6.45, 7) is 4.59. The van der Waals surface area contributed by atoms with Gasteiger partial charge in [-0.3, -0.25) is 9.59 Å². The number of carbonyl (C=O) groups is 2. The van der Waals surface area contributed by atoms with Crippen molar-refractivity contribution in [2.45, 2.75) is 26.3 Å². The summed E-state index contributed by atoms with van der Waals surface area (Å²) in [5.74, 6) is 3.64. The van der Waals surface area contributed by atoms with Crippen molar-refractivity contribution in [1.29, 1.82) is 5.26 Å². The van der Waals surface area contributed by atoms with Crippen LogP contribution in [-0.2, 0) is 21.4 Å². The van der Waals surface area contributed by atoms with Crippen molar-refractivity contribution in [2.75, 3.05) is 38.1 Å². The Morgan fingerprint density at radius 3 is 2.22 bits per heavy atom. The van der Waals surface area contributed by atoms with E-state index in [-0.39, 0.29) is 19.5 Å². The van der Waals surface area contributed by atoms with E-state index in [1.807, 2.05) is 29.2 Å². The van der Waals surface area contributed by atoms with Gasteiger partial charge in [-0.25, -0.2) is 9.29 Å². The molecule has 12 heteroatoms. The molecular weight excluding hydrogens is 597 g/mol. The minimum atomic E-state index is -3.95. The average Bonchev–Trinajstić information content (AvgIpc) is 3.03. The molecule has 0 spiro atoms. The normalized spacial score (nSPS) is 14.3. The number of carboxylic acid groups (broad SMARTS) is 1. The van der Waals surface area contributed by atoms with Gasteiger partial charge in [0.1, 0.15) is 11.9 Å². The molecule has 1 heterocycles. The van der Waals surface area contributed by atoms with Gasteiger partial charge < -0.3 is 10.0 Å². The average molecular weight is 632 g/mol. The van der Waals surface area contributed by atoms with Gasteiger partial charge in [0.15, 0.2) is 6.19 Å². The van der Waals surface area contributed by atoms with E-state index in [1.54, 1.807) is 56.4 Å².